The van der Waals surface area contributed by atoms with Gasteiger partial charge >= 0.3 is 0 Å². The Labute approximate surface area is 103 Å². The molecule has 1 rings (SSSR count). The lowest BCUT2D eigenvalue weighted by atomic mass is 10.3. The fraction of sp³-hybridized carbons (Fsp3) is 0.455. The summed E-state index contributed by atoms with van der Waals surface area (Å²) in [6.45, 7) is -0.431. The number of aliphatic hydroxyl groups excluding tert-OH is 1. The second-order valence-corrected chi connectivity index (χ2v) is 3.41. The molecule has 0 aromatic carbocycles. The van der Waals surface area contributed by atoms with E-state index in [1.54, 1.807) is 0 Å². The quantitative estimate of drug-likeness (QED) is 0.713. The van der Waals surface area contributed by atoms with Crippen LogP contribution in [0.4, 0.5) is 8.78 Å². The first-order chi connectivity index (χ1) is 8.63. The van der Waals surface area contributed by atoms with Crippen molar-refractivity contribution in [3.8, 4) is 5.75 Å². The fourth-order valence-electron chi connectivity index (χ4n) is 1.16. The highest BCUT2D eigenvalue weighted by Crippen LogP contribution is 2.12. The highest BCUT2D eigenvalue weighted by Gasteiger charge is 2.09. The standard InChI is InChI=1S/C11H14F2N2O3/c12-10(13)7-18-8-2-4-14-9(6-8)11(17)15-3-1-5-16/h2,4,6,10,16H,1,3,5,7H2,(H,15,17). The van der Waals surface area contributed by atoms with Crippen molar-refractivity contribution in [1.29, 1.82) is 0 Å². The number of alkyl halides is 2. The largest absolute Gasteiger partial charge is 0.488 e. The van der Waals surface area contributed by atoms with Crippen LogP contribution in [0.15, 0.2) is 18.3 Å². The minimum Gasteiger partial charge on any atom is -0.488 e. The van der Waals surface area contributed by atoms with Crippen LogP contribution in [0.25, 0.3) is 0 Å². The average molecular weight is 260 g/mol. The molecule has 7 heteroatoms. The molecule has 5 nitrogen and oxygen atoms in total. The second-order valence-electron chi connectivity index (χ2n) is 3.41. The first kappa shape index (κ1) is 14.3. The summed E-state index contributed by atoms with van der Waals surface area (Å²) < 4.78 is 28.7. The summed E-state index contributed by atoms with van der Waals surface area (Å²) in [4.78, 5) is 15.4. The van der Waals surface area contributed by atoms with E-state index in [0.717, 1.165) is 0 Å². The first-order valence-electron chi connectivity index (χ1n) is 5.39. The monoisotopic (exact) mass is 260 g/mol. The summed E-state index contributed by atoms with van der Waals surface area (Å²) in [6.07, 6.45) is -0.824. The summed E-state index contributed by atoms with van der Waals surface area (Å²) in [5.74, 6) is -0.274. The minimum atomic E-state index is -2.57. The summed E-state index contributed by atoms with van der Waals surface area (Å²) in [6, 6.07) is 2.68. The van der Waals surface area contributed by atoms with Crippen LogP contribution in [-0.4, -0.2) is 42.2 Å². The maximum Gasteiger partial charge on any atom is 0.272 e. The summed E-state index contributed by atoms with van der Waals surface area (Å²) in [7, 11) is 0. The molecule has 1 amide bonds. The number of aliphatic hydroxyl groups is 1. The van der Waals surface area contributed by atoms with Crippen molar-refractivity contribution < 1.29 is 23.4 Å². The van der Waals surface area contributed by atoms with Gasteiger partial charge in [-0.3, -0.25) is 9.78 Å². The van der Waals surface area contributed by atoms with E-state index in [0.29, 0.717) is 13.0 Å². The van der Waals surface area contributed by atoms with Crippen LogP contribution in [0.1, 0.15) is 16.9 Å². The van der Waals surface area contributed by atoms with Gasteiger partial charge < -0.3 is 15.2 Å². The Morgan fingerprint density at radius 1 is 1.56 bits per heavy atom. The molecule has 0 fully saturated rings. The van der Waals surface area contributed by atoms with Gasteiger partial charge in [0.25, 0.3) is 12.3 Å². The molecule has 0 spiro atoms. The van der Waals surface area contributed by atoms with Crippen LogP contribution < -0.4 is 10.1 Å². The zero-order valence-electron chi connectivity index (χ0n) is 9.60. The number of aromatic nitrogens is 1. The molecule has 2 N–H and O–H groups in total. The van der Waals surface area contributed by atoms with Crippen molar-refractivity contribution in [1.82, 2.24) is 10.3 Å². The smallest absolute Gasteiger partial charge is 0.272 e. The lowest BCUT2D eigenvalue weighted by Crippen LogP contribution is -2.25. The van der Waals surface area contributed by atoms with Gasteiger partial charge in [0.1, 0.15) is 18.1 Å². The minimum absolute atomic E-state index is 0.0226. The maximum absolute atomic E-state index is 11.9. The Kier molecular flexibility index (Phi) is 5.99. The lowest BCUT2D eigenvalue weighted by Gasteiger charge is -2.07. The molecular weight excluding hydrogens is 246 g/mol. The molecule has 0 saturated carbocycles. The number of carbonyl (C=O) groups is 1. The van der Waals surface area contributed by atoms with E-state index in [1.165, 1.54) is 18.3 Å². The van der Waals surface area contributed by atoms with E-state index in [1.807, 2.05) is 0 Å². The van der Waals surface area contributed by atoms with Crippen LogP contribution in [0.3, 0.4) is 0 Å². The highest BCUT2D eigenvalue weighted by molar-refractivity contribution is 5.92. The van der Waals surface area contributed by atoms with Gasteiger partial charge in [-0.15, -0.1) is 0 Å². The van der Waals surface area contributed by atoms with Gasteiger partial charge in [-0.25, -0.2) is 8.78 Å². The molecule has 18 heavy (non-hydrogen) atoms. The van der Waals surface area contributed by atoms with Gasteiger partial charge in [0, 0.05) is 25.4 Å². The van der Waals surface area contributed by atoms with Gasteiger partial charge in [-0.2, -0.15) is 0 Å². The fourth-order valence-corrected chi connectivity index (χ4v) is 1.16. The lowest BCUT2D eigenvalue weighted by molar-refractivity contribution is 0.0817. The first-order valence-corrected chi connectivity index (χ1v) is 5.39. The summed E-state index contributed by atoms with van der Waals surface area (Å²) in [5, 5.41) is 11.1. The number of carbonyl (C=O) groups excluding carboxylic acids is 1. The Morgan fingerprint density at radius 3 is 3.00 bits per heavy atom. The number of hydrogen-bond donors (Lipinski definition) is 2. The third-order valence-electron chi connectivity index (χ3n) is 1.96. The van der Waals surface area contributed by atoms with Gasteiger partial charge in [0.15, 0.2) is 0 Å². The molecule has 100 valence electrons. The number of hydrogen-bond acceptors (Lipinski definition) is 4. The number of nitrogens with zero attached hydrogens (tertiary/aromatic N) is 1. The van der Waals surface area contributed by atoms with E-state index in [-0.39, 0.29) is 18.1 Å². The number of pyridine rings is 1. The molecule has 0 aliphatic carbocycles. The molecule has 0 saturated heterocycles. The van der Waals surface area contributed by atoms with Crippen LogP contribution >= 0.6 is 0 Å². The predicted octanol–water partition coefficient (Wildman–Crippen LogP) is 0.838. The molecule has 0 aliphatic heterocycles. The summed E-state index contributed by atoms with van der Waals surface area (Å²) in [5.41, 5.74) is 0.0831. The zero-order valence-corrected chi connectivity index (χ0v) is 9.60. The number of amides is 1. The van der Waals surface area contributed by atoms with Crippen molar-refractivity contribution in [2.45, 2.75) is 12.8 Å². The molecule has 0 unspecified atom stereocenters. The Bertz CT molecular complexity index is 388. The third kappa shape index (κ3) is 5.05. The van der Waals surface area contributed by atoms with Crippen molar-refractivity contribution >= 4 is 5.91 Å². The Balaban J connectivity index is 2.55. The molecule has 0 bridgehead atoms. The molecular formula is C11H14F2N2O3. The SMILES string of the molecule is O=C(NCCCO)c1cc(OCC(F)F)ccn1. The normalized spacial score (nSPS) is 10.4. The van der Waals surface area contributed by atoms with E-state index >= 15 is 0 Å². The van der Waals surface area contributed by atoms with E-state index in [4.69, 9.17) is 9.84 Å². The maximum atomic E-state index is 11.9. The Hall–Kier alpha value is -1.76. The summed E-state index contributed by atoms with van der Waals surface area (Å²) >= 11 is 0. The third-order valence-corrected chi connectivity index (χ3v) is 1.96. The van der Waals surface area contributed by atoms with Crippen LogP contribution in [0, 0.1) is 0 Å². The molecule has 1 aromatic rings. The molecule has 0 aliphatic rings. The van der Waals surface area contributed by atoms with E-state index in [9.17, 15) is 13.6 Å². The van der Waals surface area contributed by atoms with Crippen LogP contribution in [0.2, 0.25) is 0 Å². The van der Waals surface area contributed by atoms with Crippen molar-refractivity contribution in [2.75, 3.05) is 19.8 Å². The zero-order chi connectivity index (χ0) is 13.4. The molecule has 1 heterocycles. The van der Waals surface area contributed by atoms with Gasteiger partial charge in [-0.1, -0.05) is 0 Å². The second kappa shape index (κ2) is 7.54. The number of nitrogens with one attached hydrogen (secondary N) is 1. The van der Waals surface area contributed by atoms with Gasteiger partial charge in [-0.05, 0) is 12.5 Å². The number of ether oxygens (including phenoxy) is 1. The molecule has 0 radical (unpaired) electrons. The van der Waals surface area contributed by atoms with Gasteiger partial charge in [0.05, 0.1) is 0 Å². The van der Waals surface area contributed by atoms with Crippen molar-refractivity contribution in [2.24, 2.45) is 0 Å². The predicted molar refractivity (Wildman–Crippen MR) is 59.8 cm³/mol. The average Bonchev–Trinajstić information content (AvgIpc) is 2.37. The number of rotatable bonds is 7. The topological polar surface area (TPSA) is 71.5 Å². The molecule has 1 aromatic heterocycles. The molecule has 0 atom stereocenters. The highest BCUT2D eigenvalue weighted by atomic mass is 19.3. The number of halogens is 2. The van der Waals surface area contributed by atoms with Crippen LogP contribution in [-0.2, 0) is 0 Å². The Morgan fingerprint density at radius 2 is 2.33 bits per heavy atom. The van der Waals surface area contributed by atoms with E-state index < -0.39 is 18.9 Å². The van der Waals surface area contributed by atoms with Crippen LogP contribution in [0.5, 0.6) is 5.75 Å². The van der Waals surface area contributed by atoms with Crippen molar-refractivity contribution in [3.63, 3.8) is 0 Å². The van der Waals surface area contributed by atoms with Crippen molar-refractivity contribution in [3.05, 3.63) is 24.0 Å². The van der Waals surface area contributed by atoms with E-state index in [2.05, 4.69) is 10.3 Å². The van der Waals surface area contributed by atoms with Gasteiger partial charge in [0.2, 0.25) is 0 Å².